The Bertz CT molecular complexity index is 2310. The Labute approximate surface area is 512 Å². The van der Waals surface area contributed by atoms with Crippen LogP contribution in [0.15, 0.2) is 11.6 Å². The fourth-order valence-electron chi connectivity index (χ4n) is 17.1. The van der Waals surface area contributed by atoms with Gasteiger partial charge in [-0.05, 0) is 112 Å². The van der Waals surface area contributed by atoms with Gasteiger partial charge in [-0.2, -0.15) is 0 Å². The highest BCUT2D eigenvalue weighted by Gasteiger charge is 2.68. The van der Waals surface area contributed by atoms with Gasteiger partial charge < -0.3 is 139 Å². The summed E-state index contributed by atoms with van der Waals surface area (Å²) in [6.07, 6.45) is -34.1. The Hall–Kier alpha value is -1.38. The fourth-order valence-corrected chi connectivity index (χ4v) is 17.1. The SMILES string of the molecule is C[C@H](CC[C@@H](O[C@@H]1O[C@H](CO[C@@H]2O[C@H](CO)[C@@H](O)[C@H](O)[C@H]2O)[C@@H](O)[C@H](O)[C@H]1O[C@@H]1O[C@H](CO)[C@@H](O)[C@H](O)[C@H]1O)C(C)(C)O)[C@H]1CC[C@@]2(C)[C@@H]3CC=C4C(CC[C@H](O[C@@H]5O[C@H](CO)[C@@H](O)[C@H](O)[C@H]5O[C@@H]5O[C@H](CO)[C@@H](O)[C@H](O)[C@H]5O)C4(C)C)[C@]3(C)CC[C@]12C. The Morgan fingerprint density at radius 1 is 0.500 bits per heavy atom. The van der Waals surface area contributed by atoms with Crippen LogP contribution in [0.1, 0.15) is 113 Å². The lowest BCUT2D eigenvalue weighted by atomic mass is 9.39. The largest absolute Gasteiger partial charge is 0.394 e. The lowest BCUT2D eigenvalue weighted by Crippen LogP contribution is -2.65. The van der Waals surface area contributed by atoms with E-state index in [1.165, 1.54) is 19.4 Å². The number of aliphatic hydroxyl groups is 18. The highest BCUT2D eigenvalue weighted by molar-refractivity contribution is 5.30. The van der Waals surface area contributed by atoms with E-state index in [0.29, 0.717) is 12.8 Å². The molecule has 9 aliphatic rings. The van der Waals surface area contributed by atoms with Crippen molar-refractivity contribution < 1.29 is 139 Å². The third-order valence-corrected chi connectivity index (χ3v) is 22.8. The average Bonchev–Trinajstić information content (AvgIpc) is 1.33. The van der Waals surface area contributed by atoms with Crippen LogP contribution in [0.5, 0.6) is 0 Å². The van der Waals surface area contributed by atoms with Gasteiger partial charge in [0.25, 0.3) is 0 Å². The molecule has 510 valence electrons. The van der Waals surface area contributed by atoms with Gasteiger partial charge in [-0.25, -0.2) is 0 Å². The minimum Gasteiger partial charge on any atom is -0.394 e. The summed E-state index contributed by atoms with van der Waals surface area (Å²) in [5.74, 6) is 0.763. The zero-order valence-electron chi connectivity index (χ0n) is 51.5. The summed E-state index contributed by atoms with van der Waals surface area (Å²) in [7, 11) is 0. The predicted molar refractivity (Wildman–Crippen MR) is 299 cm³/mol. The van der Waals surface area contributed by atoms with Crippen molar-refractivity contribution in [2.24, 2.45) is 45.3 Å². The summed E-state index contributed by atoms with van der Waals surface area (Å²) in [4.78, 5) is 0. The van der Waals surface area contributed by atoms with Gasteiger partial charge in [-0.15, -0.1) is 0 Å². The van der Waals surface area contributed by atoms with Gasteiger partial charge in [0.05, 0.1) is 50.8 Å². The molecule has 0 spiro atoms. The number of hydrogen-bond donors (Lipinski definition) is 18. The lowest BCUT2D eigenvalue weighted by Gasteiger charge is -2.66. The van der Waals surface area contributed by atoms with Crippen molar-refractivity contribution >= 4 is 0 Å². The second-order valence-corrected chi connectivity index (χ2v) is 28.6. The predicted octanol–water partition coefficient (Wildman–Crippen LogP) is -4.38. The molecule has 34 atom stereocenters. The van der Waals surface area contributed by atoms with Gasteiger partial charge in [0.1, 0.15) is 122 Å². The van der Waals surface area contributed by atoms with E-state index < -0.39 is 210 Å². The Balaban J connectivity index is 0.895. The molecule has 88 heavy (non-hydrogen) atoms. The van der Waals surface area contributed by atoms with E-state index in [4.69, 9.17) is 47.4 Å². The lowest BCUT2D eigenvalue weighted by molar-refractivity contribution is -0.380. The molecular weight excluding hydrogens is 1170 g/mol. The summed E-state index contributed by atoms with van der Waals surface area (Å²) >= 11 is 0. The van der Waals surface area contributed by atoms with Gasteiger partial charge >= 0.3 is 0 Å². The van der Waals surface area contributed by atoms with Gasteiger partial charge in [0.2, 0.25) is 0 Å². The molecule has 18 N–H and O–H groups in total. The summed E-state index contributed by atoms with van der Waals surface area (Å²) in [5.41, 5.74) is -1.33. The first-order chi connectivity index (χ1) is 41.2. The van der Waals surface area contributed by atoms with Gasteiger partial charge in [-0.1, -0.05) is 53.2 Å². The van der Waals surface area contributed by atoms with Crippen molar-refractivity contribution in [1.29, 1.82) is 0 Å². The molecule has 9 rings (SSSR count). The first kappa shape index (κ1) is 70.9. The van der Waals surface area contributed by atoms with Crippen molar-refractivity contribution in [2.75, 3.05) is 33.0 Å². The van der Waals surface area contributed by atoms with Gasteiger partial charge in [0.15, 0.2) is 31.5 Å². The van der Waals surface area contributed by atoms with Crippen LogP contribution in [0.2, 0.25) is 0 Å². The summed E-state index contributed by atoms with van der Waals surface area (Å²) < 4.78 is 60.2. The normalized spacial score (nSPS) is 51.4. The molecule has 3 saturated carbocycles. The maximum atomic E-state index is 11.9. The molecule has 0 bridgehead atoms. The highest BCUT2D eigenvalue weighted by atomic mass is 16.8. The fraction of sp³-hybridized carbons (Fsp3) is 0.967. The minimum atomic E-state index is -1.93. The molecule has 1 unspecified atom stereocenters. The van der Waals surface area contributed by atoms with E-state index in [9.17, 15) is 91.9 Å². The Morgan fingerprint density at radius 2 is 0.955 bits per heavy atom. The number of allylic oxidation sites excluding steroid dienone is 1. The molecular formula is C60H102O28. The second kappa shape index (κ2) is 27.4. The molecule has 28 heteroatoms. The van der Waals surface area contributed by atoms with Crippen LogP contribution in [-0.2, 0) is 47.4 Å². The molecule has 0 aromatic carbocycles. The molecule has 0 amide bonds. The zero-order valence-corrected chi connectivity index (χ0v) is 51.5. The molecule has 8 fully saturated rings. The van der Waals surface area contributed by atoms with Crippen molar-refractivity contribution in [3.8, 4) is 0 Å². The summed E-state index contributed by atoms with van der Waals surface area (Å²) in [6.45, 7) is 13.2. The minimum absolute atomic E-state index is 0.0759. The van der Waals surface area contributed by atoms with Gasteiger partial charge in [-0.3, -0.25) is 0 Å². The topological polar surface area (TPSA) is 456 Å². The number of aliphatic hydroxyl groups excluding tert-OH is 17. The van der Waals surface area contributed by atoms with Crippen LogP contribution in [0, 0.1) is 45.3 Å². The maximum Gasteiger partial charge on any atom is 0.187 e. The molecule has 5 aliphatic heterocycles. The van der Waals surface area contributed by atoms with Crippen LogP contribution >= 0.6 is 0 Å². The van der Waals surface area contributed by atoms with E-state index >= 15 is 0 Å². The third-order valence-electron chi connectivity index (χ3n) is 22.8. The second-order valence-electron chi connectivity index (χ2n) is 28.6. The van der Waals surface area contributed by atoms with Crippen molar-refractivity contribution in [3.05, 3.63) is 11.6 Å². The quantitative estimate of drug-likeness (QED) is 0.0512. The summed E-state index contributed by atoms with van der Waals surface area (Å²) in [6, 6.07) is 0. The van der Waals surface area contributed by atoms with Crippen LogP contribution in [0.3, 0.4) is 0 Å². The number of ether oxygens (including phenoxy) is 10. The van der Waals surface area contributed by atoms with E-state index in [-0.39, 0.29) is 46.3 Å². The standard InChI is InChI=1S/C60H102O28/c1-24(9-13-35(57(4,5)78)86-55-50(88-53-48(77)43(72)38(67)30(21-63)82-53)45(74)40(69)32(84-55)23-79-51-46(75)41(70)36(65)28(19-61)80-51)25-15-16-60(8)33-12-10-26-27(58(33,6)17-18-59(25,60)7)11-14-34(56(26,2)3)85-54-49(44(73)39(68)31(22-64)83-54)87-52-47(76)42(71)37(66)29(20-62)81-52/h10,24-25,27-55,61-78H,9,11-23H2,1-8H3/t24-,25-,27?,28-,29-,30-,31-,32-,33-,34+,35-,36-,37-,38-,39-,40-,41+,42+,43+,44+,45+,46-,47-,48-,49-,50-,51-,52+,53+,54+,55+,58+,59-,60+/m1/s1. The number of hydrogen-bond acceptors (Lipinski definition) is 28. The summed E-state index contributed by atoms with van der Waals surface area (Å²) in [5, 5.41) is 193. The van der Waals surface area contributed by atoms with Crippen LogP contribution in [0.4, 0.5) is 0 Å². The van der Waals surface area contributed by atoms with Crippen molar-refractivity contribution in [1.82, 2.24) is 0 Å². The van der Waals surface area contributed by atoms with Crippen LogP contribution in [-0.4, -0.2) is 296 Å². The molecule has 5 saturated heterocycles. The number of rotatable bonds is 20. The van der Waals surface area contributed by atoms with Crippen molar-refractivity contribution in [2.45, 2.75) is 285 Å². The zero-order chi connectivity index (χ0) is 64.7. The molecule has 0 aromatic heterocycles. The average molecular weight is 1270 g/mol. The molecule has 4 aliphatic carbocycles. The van der Waals surface area contributed by atoms with Crippen LogP contribution < -0.4 is 0 Å². The van der Waals surface area contributed by atoms with Gasteiger partial charge in [0, 0.05) is 5.41 Å². The maximum absolute atomic E-state index is 11.9. The van der Waals surface area contributed by atoms with Crippen molar-refractivity contribution in [3.63, 3.8) is 0 Å². The highest BCUT2D eigenvalue weighted by Crippen LogP contribution is 2.75. The molecule has 28 nitrogen and oxygen atoms in total. The molecule has 0 aromatic rings. The third kappa shape index (κ3) is 12.8. The van der Waals surface area contributed by atoms with Crippen LogP contribution in [0.25, 0.3) is 0 Å². The van der Waals surface area contributed by atoms with E-state index in [1.807, 2.05) is 0 Å². The first-order valence-electron chi connectivity index (χ1n) is 31.5. The first-order valence-corrected chi connectivity index (χ1v) is 31.5. The van der Waals surface area contributed by atoms with E-state index in [2.05, 4.69) is 47.6 Å². The smallest absolute Gasteiger partial charge is 0.187 e. The Morgan fingerprint density at radius 3 is 1.47 bits per heavy atom. The van der Waals surface area contributed by atoms with E-state index in [1.54, 1.807) is 0 Å². The Kier molecular flexibility index (Phi) is 22.1. The monoisotopic (exact) mass is 1270 g/mol. The molecule has 0 radical (unpaired) electrons. The molecule has 5 heterocycles. The van der Waals surface area contributed by atoms with E-state index in [0.717, 1.165) is 38.5 Å². The number of fused-ring (bicyclic) bond motifs is 5.